The summed E-state index contributed by atoms with van der Waals surface area (Å²) < 4.78 is 5.37. The molecule has 1 aromatic rings. The normalized spacial score (nSPS) is 25.5. The zero-order chi connectivity index (χ0) is 10.7. The summed E-state index contributed by atoms with van der Waals surface area (Å²) in [5, 5.41) is 6.68. The van der Waals surface area contributed by atoms with Gasteiger partial charge in [0.2, 0.25) is 0 Å². The van der Waals surface area contributed by atoms with Crippen LogP contribution in [0.3, 0.4) is 0 Å². The molecule has 2 N–H and O–H groups in total. The van der Waals surface area contributed by atoms with Crippen molar-refractivity contribution in [2.45, 2.75) is 19.1 Å². The molecule has 0 aromatic carbocycles. The van der Waals surface area contributed by atoms with Gasteiger partial charge in [0.15, 0.2) is 0 Å². The number of anilines is 1. The van der Waals surface area contributed by atoms with E-state index in [1.165, 1.54) is 0 Å². The first-order valence-electron chi connectivity index (χ1n) is 5.23. The first-order chi connectivity index (χ1) is 7.29. The molecule has 82 valence electrons. The maximum Gasteiger partial charge on any atom is 0.126 e. The lowest BCUT2D eigenvalue weighted by atomic mass is 10.2. The molecule has 0 saturated carbocycles. The van der Waals surface area contributed by atoms with E-state index in [4.69, 9.17) is 4.74 Å². The number of aromatic nitrogens is 1. The quantitative estimate of drug-likeness (QED) is 0.769. The number of nitrogens with one attached hydrogen (secondary N) is 2. The van der Waals surface area contributed by atoms with Crippen molar-refractivity contribution in [3.63, 3.8) is 0 Å². The number of hydrogen-bond donors (Lipinski definition) is 2. The molecule has 2 atom stereocenters. The molecule has 0 spiro atoms. The molecule has 1 aliphatic heterocycles. The van der Waals surface area contributed by atoms with Crippen LogP contribution in [0.15, 0.2) is 18.2 Å². The van der Waals surface area contributed by atoms with Crippen molar-refractivity contribution in [3.05, 3.63) is 23.9 Å². The second kappa shape index (κ2) is 4.59. The van der Waals surface area contributed by atoms with Gasteiger partial charge in [-0.15, -0.1) is 0 Å². The largest absolute Gasteiger partial charge is 0.378 e. The zero-order valence-corrected chi connectivity index (χ0v) is 9.16. The highest BCUT2D eigenvalue weighted by Crippen LogP contribution is 2.11. The molecule has 15 heavy (non-hydrogen) atoms. The van der Waals surface area contributed by atoms with E-state index < -0.39 is 0 Å². The summed E-state index contributed by atoms with van der Waals surface area (Å²) in [5.74, 6) is 0.922. The number of methoxy groups -OCH3 is 1. The smallest absolute Gasteiger partial charge is 0.126 e. The van der Waals surface area contributed by atoms with Crippen LogP contribution in [0.4, 0.5) is 5.82 Å². The second-order valence-corrected chi connectivity index (χ2v) is 3.85. The summed E-state index contributed by atoms with van der Waals surface area (Å²) in [5.41, 5.74) is 1.03. The van der Waals surface area contributed by atoms with Gasteiger partial charge in [-0.3, -0.25) is 0 Å². The average Bonchev–Trinajstić information content (AvgIpc) is 2.65. The lowest BCUT2D eigenvalue weighted by Gasteiger charge is -2.19. The van der Waals surface area contributed by atoms with E-state index >= 15 is 0 Å². The third-order valence-electron chi connectivity index (χ3n) is 2.68. The molecule has 4 heteroatoms. The van der Waals surface area contributed by atoms with Crippen LogP contribution in [0.2, 0.25) is 0 Å². The van der Waals surface area contributed by atoms with Gasteiger partial charge in [-0.05, 0) is 19.1 Å². The Balaban J connectivity index is 2.02. The summed E-state index contributed by atoms with van der Waals surface area (Å²) in [6, 6.07) is 6.29. The first-order valence-corrected chi connectivity index (χ1v) is 5.23. The molecule has 2 rings (SSSR count). The fraction of sp³-hybridized carbons (Fsp3) is 0.545. The number of pyridine rings is 1. The van der Waals surface area contributed by atoms with Gasteiger partial charge in [-0.25, -0.2) is 4.98 Å². The number of rotatable bonds is 3. The van der Waals surface area contributed by atoms with Crippen LogP contribution in [-0.4, -0.2) is 37.3 Å². The Kier molecular flexibility index (Phi) is 3.18. The van der Waals surface area contributed by atoms with Gasteiger partial charge in [0.05, 0.1) is 12.1 Å². The van der Waals surface area contributed by atoms with Crippen LogP contribution in [0.5, 0.6) is 0 Å². The number of hydrogen-bond acceptors (Lipinski definition) is 4. The van der Waals surface area contributed by atoms with Crippen molar-refractivity contribution < 1.29 is 4.74 Å². The Morgan fingerprint density at radius 3 is 3.07 bits per heavy atom. The van der Waals surface area contributed by atoms with Gasteiger partial charge in [0.1, 0.15) is 5.82 Å². The fourth-order valence-electron chi connectivity index (χ4n) is 1.86. The molecule has 2 heterocycles. The molecule has 1 aliphatic rings. The van der Waals surface area contributed by atoms with Gasteiger partial charge in [0.25, 0.3) is 0 Å². The predicted octanol–water partition coefficient (Wildman–Crippen LogP) is 0.789. The van der Waals surface area contributed by atoms with Crippen molar-refractivity contribution in [3.8, 4) is 0 Å². The Labute approximate surface area is 90.0 Å². The van der Waals surface area contributed by atoms with Crippen LogP contribution in [-0.2, 0) is 4.74 Å². The molecular weight excluding hydrogens is 190 g/mol. The van der Waals surface area contributed by atoms with Crippen LogP contribution < -0.4 is 10.6 Å². The van der Waals surface area contributed by atoms with Crippen molar-refractivity contribution in [2.24, 2.45) is 0 Å². The Hall–Kier alpha value is -1.13. The Morgan fingerprint density at radius 1 is 1.47 bits per heavy atom. The van der Waals surface area contributed by atoms with Gasteiger partial charge < -0.3 is 15.4 Å². The van der Waals surface area contributed by atoms with Crippen LogP contribution in [0.25, 0.3) is 0 Å². The highest BCUT2D eigenvalue weighted by molar-refractivity contribution is 5.37. The molecule has 0 bridgehead atoms. The van der Waals surface area contributed by atoms with Gasteiger partial charge in [0, 0.05) is 25.9 Å². The van der Waals surface area contributed by atoms with Gasteiger partial charge >= 0.3 is 0 Å². The van der Waals surface area contributed by atoms with E-state index in [-0.39, 0.29) is 6.10 Å². The van der Waals surface area contributed by atoms with E-state index in [9.17, 15) is 0 Å². The molecule has 1 saturated heterocycles. The van der Waals surface area contributed by atoms with Crippen molar-refractivity contribution in [1.82, 2.24) is 10.3 Å². The highest BCUT2D eigenvalue weighted by Gasteiger charge is 2.26. The van der Waals surface area contributed by atoms with Crippen LogP contribution in [0, 0.1) is 6.92 Å². The molecule has 0 aliphatic carbocycles. The average molecular weight is 207 g/mol. The Bertz CT molecular complexity index is 329. The molecule has 1 fully saturated rings. The minimum Gasteiger partial charge on any atom is -0.378 e. The summed E-state index contributed by atoms with van der Waals surface area (Å²) in [6.45, 7) is 3.82. The topological polar surface area (TPSA) is 46.2 Å². The maximum absolute atomic E-state index is 5.37. The number of nitrogens with zero attached hydrogens (tertiary/aromatic N) is 1. The van der Waals surface area contributed by atoms with E-state index in [0.29, 0.717) is 6.04 Å². The fourth-order valence-corrected chi connectivity index (χ4v) is 1.86. The SMILES string of the molecule is COC1CNCC1Nc1cccc(C)n1. The molecule has 1 aromatic heterocycles. The summed E-state index contributed by atoms with van der Waals surface area (Å²) >= 11 is 0. The lowest BCUT2D eigenvalue weighted by molar-refractivity contribution is 0.111. The summed E-state index contributed by atoms with van der Waals surface area (Å²) in [4.78, 5) is 4.41. The third kappa shape index (κ3) is 2.46. The first kappa shape index (κ1) is 10.4. The van der Waals surface area contributed by atoms with Gasteiger partial charge in [-0.2, -0.15) is 0 Å². The van der Waals surface area contributed by atoms with Gasteiger partial charge in [-0.1, -0.05) is 6.07 Å². The minimum absolute atomic E-state index is 0.229. The van der Waals surface area contributed by atoms with E-state index in [2.05, 4.69) is 15.6 Å². The molecule has 2 unspecified atom stereocenters. The highest BCUT2D eigenvalue weighted by atomic mass is 16.5. The van der Waals surface area contributed by atoms with E-state index in [1.54, 1.807) is 7.11 Å². The summed E-state index contributed by atoms with van der Waals surface area (Å²) in [6.07, 6.45) is 0.229. The standard InChI is InChI=1S/C11H17N3O/c1-8-4-3-5-11(13-8)14-9-6-12-7-10(9)15-2/h3-5,9-10,12H,6-7H2,1-2H3,(H,13,14). The summed E-state index contributed by atoms with van der Waals surface area (Å²) in [7, 11) is 1.75. The van der Waals surface area contributed by atoms with Crippen molar-refractivity contribution in [1.29, 1.82) is 0 Å². The van der Waals surface area contributed by atoms with E-state index in [0.717, 1.165) is 24.6 Å². The number of ether oxygens (including phenoxy) is 1. The molecular formula is C11H17N3O. The predicted molar refractivity (Wildman–Crippen MR) is 60.1 cm³/mol. The monoisotopic (exact) mass is 207 g/mol. The van der Waals surface area contributed by atoms with Crippen molar-refractivity contribution >= 4 is 5.82 Å². The maximum atomic E-state index is 5.37. The second-order valence-electron chi connectivity index (χ2n) is 3.85. The van der Waals surface area contributed by atoms with Crippen molar-refractivity contribution in [2.75, 3.05) is 25.5 Å². The third-order valence-corrected chi connectivity index (χ3v) is 2.68. The Morgan fingerprint density at radius 2 is 2.33 bits per heavy atom. The molecule has 0 amide bonds. The van der Waals surface area contributed by atoms with E-state index in [1.807, 2.05) is 25.1 Å². The van der Waals surface area contributed by atoms with Crippen LogP contribution >= 0.6 is 0 Å². The molecule has 4 nitrogen and oxygen atoms in total. The minimum atomic E-state index is 0.229. The number of aryl methyl sites for hydroxylation is 1. The van der Waals surface area contributed by atoms with Crippen LogP contribution in [0.1, 0.15) is 5.69 Å². The zero-order valence-electron chi connectivity index (χ0n) is 9.16. The molecule has 0 radical (unpaired) electrons. The lowest BCUT2D eigenvalue weighted by Crippen LogP contribution is -2.33.